The zero-order valence-electron chi connectivity index (χ0n) is 13.6. The van der Waals surface area contributed by atoms with Crippen molar-refractivity contribution in [2.45, 2.75) is 40.2 Å². The molecule has 0 heterocycles. The summed E-state index contributed by atoms with van der Waals surface area (Å²) >= 11 is 0. The van der Waals surface area contributed by atoms with Crippen LogP contribution in [-0.4, -0.2) is 12.0 Å². The molecule has 1 N–H and O–H groups in total. The van der Waals surface area contributed by atoms with E-state index in [2.05, 4.69) is 12.2 Å². The first-order valence-electron chi connectivity index (χ1n) is 7.64. The number of hydrogen-bond donors (Lipinski definition) is 1. The van der Waals surface area contributed by atoms with Gasteiger partial charge in [-0.15, -0.1) is 0 Å². The summed E-state index contributed by atoms with van der Waals surface area (Å²) in [5, 5.41) is 2.97. The van der Waals surface area contributed by atoms with Gasteiger partial charge in [-0.1, -0.05) is 43.3 Å². The first kappa shape index (κ1) is 16.1. The maximum Gasteiger partial charge on any atom is 0.265 e. The van der Waals surface area contributed by atoms with Crippen molar-refractivity contribution in [3.63, 3.8) is 0 Å². The second kappa shape index (κ2) is 7.12. The summed E-state index contributed by atoms with van der Waals surface area (Å²) in [6.45, 7) is 7.82. The van der Waals surface area contributed by atoms with Crippen LogP contribution in [0.3, 0.4) is 0 Å². The van der Waals surface area contributed by atoms with Gasteiger partial charge in [-0.2, -0.15) is 0 Å². The predicted molar refractivity (Wildman–Crippen MR) is 90.5 cm³/mol. The number of ether oxygens (including phenoxy) is 1. The van der Waals surface area contributed by atoms with E-state index in [-0.39, 0.29) is 5.91 Å². The molecule has 2 aromatic carbocycles. The molecular formula is C19H23NO2. The van der Waals surface area contributed by atoms with Crippen molar-refractivity contribution >= 4 is 11.6 Å². The van der Waals surface area contributed by atoms with Gasteiger partial charge in [0.2, 0.25) is 0 Å². The van der Waals surface area contributed by atoms with E-state index < -0.39 is 6.10 Å². The van der Waals surface area contributed by atoms with Crippen LogP contribution < -0.4 is 10.1 Å². The van der Waals surface area contributed by atoms with Crippen molar-refractivity contribution in [1.82, 2.24) is 0 Å². The smallest absolute Gasteiger partial charge is 0.265 e. The fraction of sp³-hybridized carbons (Fsp3) is 0.316. The van der Waals surface area contributed by atoms with E-state index in [1.165, 1.54) is 0 Å². The van der Waals surface area contributed by atoms with Crippen molar-refractivity contribution in [3.05, 3.63) is 59.2 Å². The Hall–Kier alpha value is -2.29. The first-order chi connectivity index (χ1) is 10.5. The number of amides is 1. The van der Waals surface area contributed by atoms with Crippen LogP contribution in [0.4, 0.5) is 5.69 Å². The molecule has 22 heavy (non-hydrogen) atoms. The topological polar surface area (TPSA) is 38.3 Å². The summed E-state index contributed by atoms with van der Waals surface area (Å²) < 4.78 is 5.84. The zero-order chi connectivity index (χ0) is 16.1. The average molecular weight is 297 g/mol. The van der Waals surface area contributed by atoms with Crippen molar-refractivity contribution in [2.24, 2.45) is 0 Å². The highest BCUT2D eigenvalue weighted by molar-refractivity contribution is 5.95. The number of para-hydroxylation sites is 2. The second-order valence-corrected chi connectivity index (χ2v) is 5.48. The van der Waals surface area contributed by atoms with Crippen LogP contribution >= 0.6 is 0 Å². The molecular weight excluding hydrogens is 274 g/mol. The van der Waals surface area contributed by atoms with E-state index in [4.69, 9.17) is 4.74 Å². The standard InChI is InChI=1S/C19H23NO2/c1-5-16-11-6-7-12-17(16)22-15(4)19(21)20-18-13(2)9-8-10-14(18)3/h6-12,15H,5H2,1-4H3,(H,20,21)/t15-/m1/s1. The Bertz CT molecular complexity index is 644. The number of aryl methyl sites for hydroxylation is 3. The minimum Gasteiger partial charge on any atom is -0.481 e. The number of rotatable bonds is 5. The van der Waals surface area contributed by atoms with Crippen LogP contribution in [0.2, 0.25) is 0 Å². The molecule has 0 fully saturated rings. The van der Waals surface area contributed by atoms with Crippen LogP contribution in [-0.2, 0) is 11.2 Å². The molecule has 3 heteroatoms. The lowest BCUT2D eigenvalue weighted by Crippen LogP contribution is -2.31. The summed E-state index contributed by atoms with van der Waals surface area (Å²) in [6, 6.07) is 13.8. The average Bonchev–Trinajstić information content (AvgIpc) is 2.51. The van der Waals surface area contributed by atoms with E-state index in [0.29, 0.717) is 0 Å². The van der Waals surface area contributed by atoms with Crippen molar-refractivity contribution in [1.29, 1.82) is 0 Å². The minimum absolute atomic E-state index is 0.136. The molecule has 0 aliphatic rings. The van der Waals surface area contributed by atoms with Gasteiger partial charge in [0.1, 0.15) is 5.75 Å². The predicted octanol–water partition coefficient (Wildman–Crippen LogP) is 4.27. The number of benzene rings is 2. The molecule has 0 saturated heterocycles. The largest absolute Gasteiger partial charge is 0.481 e. The van der Waals surface area contributed by atoms with Crippen molar-refractivity contribution < 1.29 is 9.53 Å². The van der Waals surface area contributed by atoms with Crippen LogP contribution in [0.1, 0.15) is 30.5 Å². The Morgan fingerprint density at radius 3 is 2.36 bits per heavy atom. The number of hydrogen-bond acceptors (Lipinski definition) is 2. The molecule has 3 nitrogen and oxygen atoms in total. The van der Waals surface area contributed by atoms with Crippen LogP contribution in [0, 0.1) is 13.8 Å². The van der Waals surface area contributed by atoms with Gasteiger partial charge in [0.25, 0.3) is 5.91 Å². The van der Waals surface area contributed by atoms with Gasteiger partial charge in [0.15, 0.2) is 6.10 Å². The zero-order valence-corrected chi connectivity index (χ0v) is 13.6. The summed E-state index contributed by atoms with van der Waals surface area (Å²) in [5.74, 6) is 0.637. The molecule has 0 bridgehead atoms. The van der Waals surface area contributed by atoms with E-state index in [9.17, 15) is 4.79 Å². The van der Waals surface area contributed by atoms with Gasteiger partial charge >= 0.3 is 0 Å². The molecule has 2 aromatic rings. The highest BCUT2D eigenvalue weighted by Gasteiger charge is 2.17. The summed E-state index contributed by atoms with van der Waals surface area (Å²) in [5.41, 5.74) is 4.07. The molecule has 0 unspecified atom stereocenters. The number of carbonyl (C=O) groups excluding carboxylic acids is 1. The Kier molecular flexibility index (Phi) is 5.21. The summed E-state index contributed by atoms with van der Waals surface area (Å²) in [7, 11) is 0. The van der Waals surface area contributed by atoms with Gasteiger partial charge in [-0.3, -0.25) is 4.79 Å². The molecule has 0 radical (unpaired) electrons. The van der Waals surface area contributed by atoms with Gasteiger partial charge < -0.3 is 10.1 Å². The highest BCUT2D eigenvalue weighted by atomic mass is 16.5. The normalized spacial score (nSPS) is 11.8. The quantitative estimate of drug-likeness (QED) is 0.895. The van der Waals surface area contributed by atoms with E-state index >= 15 is 0 Å². The number of nitrogens with one attached hydrogen (secondary N) is 1. The first-order valence-corrected chi connectivity index (χ1v) is 7.64. The molecule has 1 amide bonds. The maximum atomic E-state index is 12.4. The molecule has 0 spiro atoms. The van der Waals surface area contributed by atoms with Crippen molar-refractivity contribution in [3.8, 4) is 5.75 Å². The fourth-order valence-electron chi connectivity index (χ4n) is 2.39. The van der Waals surface area contributed by atoms with Gasteiger partial charge in [0.05, 0.1) is 0 Å². The number of carbonyl (C=O) groups is 1. The molecule has 2 rings (SSSR count). The molecule has 116 valence electrons. The van der Waals surface area contributed by atoms with Crippen LogP contribution in [0.5, 0.6) is 5.75 Å². The van der Waals surface area contributed by atoms with E-state index in [1.54, 1.807) is 6.92 Å². The van der Waals surface area contributed by atoms with E-state index in [1.807, 2.05) is 56.3 Å². The van der Waals surface area contributed by atoms with Gasteiger partial charge in [-0.05, 0) is 49.9 Å². The highest BCUT2D eigenvalue weighted by Crippen LogP contribution is 2.22. The SMILES string of the molecule is CCc1ccccc1O[C@H](C)C(=O)Nc1c(C)cccc1C. The lowest BCUT2D eigenvalue weighted by molar-refractivity contribution is -0.122. The third kappa shape index (κ3) is 3.67. The lowest BCUT2D eigenvalue weighted by Gasteiger charge is -2.18. The Balaban J connectivity index is 2.10. The fourth-order valence-corrected chi connectivity index (χ4v) is 2.39. The van der Waals surface area contributed by atoms with Crippen LogP contribution in [0.15, 0.2) is 42.5 Å². The third-order valence-electron chi connectivity index (χ3n) is 3.76. The molecule has 0 aliphatic carbocycles. The monoisotopic (exact) mass is 297 g/mol. The van der Waals surface area contributed by atoms with Gasteiger partial charge in [-0.25, -0.2) is 0 Å². The van der Waals surface area contributed by atoms with Gasteiger partial charge in [0, 0.05) is 5.69 Å². The molecule has 1 atom stereocenters. The Morgan fingerprint density at radius 1 is 1.09 bits per heavy atom. The summed E-state index contributed by atoms with van der Waals surface area (Å²) in [4.78, 5) is 12.4. The Labute approximate surface area is 132 Å². The summed E-state index contributed by atoms with van der Waals surface area (Å²) in [6.07, 6.45) is 0.327. The Morgan fingerprint density at radius 2 is 1.73 bits per heavy atom. The van der Waals surface area contributed by atoms with Crippen LogP contribution in [0.25, 0.3) is 0 Å². The second-order valence-electron chi connectivity index (χ2n) is 5.48. The van der Waals surface area contributed by atoms with E-state index in [0.717, 1.165) is 34.5 Å². The molecule has 0 aromatic heterocycles. The maximum absolute atomic E-state index is 12.4. The number of anilines is 1. The third-order valence-corrected chi connectivity index (χ3v) is 3.76. The minimum atomic E-state index is -0.549. The van der Waals surface area contributed by atoms with Crippen molar-refractivity contribution in [2.75, 3.05) is 5.32 Å². The molecule has 0 aliphatic heterocycles. The lowest BCUT2D eigenvalue weighted by atomic mass is 10.1. The molecule has 0 saturated carbocycles.